The smallest absolute Gasteiger partial charge is 0.419 e. The largest absolute Gasteiger partial charge is 0.464 e. The van der Waals surface area contributed by atoms with E-state index in [-0.39, 0.29) is 21.8 Å². The SMILES string of the molecule is CSc1c(C(F)(F)F)cc2c(c1C(=O)N(C(=O)O)c1ccccc1)CCN2. The van der Waals surface area contributed by atoms with Crippen molar-refractivity contribution >= 4 is 35.1 Å². The summed E-state index contributed by atoms with van der Waals surface area (Å²) in [5, 5.41) is 12.4. The molecule has 2 aromatic rings. The van der Waals surface area contributed by atoms with Crippen molar-refractivity contribution in [3.8, 4) is 0 Å². The molecule has 1 heterocycles. The van der Waals surface area contributed by atoms with Crippen LogP contribution in [0.3, 0.4) is 0 Å². The van der Waals surface area contributed by atoms with Crippen molar-refractivity contribution in [3.05, 3.63) is 53.1 Å². The van der Waals surface area contributed by atoms with Gasteiger partial charge in [-0.05, 0) is 36.4 Å². The van der Waals surface area contributed by atoms with E-state index in [0.717, 1.165) is 17.8 Å². The highest BCUT2D eigenvalue weighted by atomic mass is 32.2. The van der Waals surface area contributed by atoms with Gasteiger partial charge in [0.05, 0.1) is 16.8 Å². The minimum absolute atomic E-state index is 0.0687. The zero-order chi connectivity index (χ0) is 19.8. The predicted molar refractivity (Wildman–Crippen MR) is 96.7 cm³/mol. The molecule has 0 fully saturated rings. The Labute approximate surface area is 157 Å². The van der Waals surface area contributed by atoms with Gasteiger partial charge in [-0.1, -0.05) is 18.2 Å². The van der Waals surface area contributed by atoms with Crippen molar-refractivity contribution in [3.63, 3.8) is 0 Å². The van der Waals surface area contributed by atoms with Gasteiger partial charge in [0.2, 0.25) is 0 Å². The molecule has 1 aliphatic rings. The van der Waals surface area contributed by atoms with E-state index in [1.54, 1.807) is 18.2 Å². The number of carbonyl (C=O) groups is 2. The molecule has 0 bridgehead atoms. The maximum absolute atomic E-state index is 13.5. The molecule has 142 valence electrons. The maximum atomic E-state index is 13.5. The minimum Gasteiger partial charge on any atom is -0.464 e. The Morgan fingerprint density at radius 3 is 2.44 bits per heavy atom. The number of amides is 2. The van der Waals surface area contributed by atoms with Crippen LogP contribution >= 0.6 is 11.8 Å². The van der Waals surface area contributed by atoms with Gasteiger partial charge in [0.15, 0.2) is 0 Å². The summed E-state index contributed by atoms with van der Waals surface area (Å²) in [6.07, 6.45) is -4.46. The number of thioether (sulfide) groups is 1. The molecule has 0 aromatic heterocycles. The highest BCUT2D eigenvalue weighted by Gasteiger charge is 2.40. The number of nitrogens with one attached hydrogen (secondary N) is 1. The normalized spacial score (nSPS) is 13.0. The van der Waals surface area contributed by atoms with Crippen molar-refractivity contribution in [1.82, 2.24) is 0 Å². The van der Waals surface area contributed by atoms with Crippen LogP contribution in [0.15, 0.2) is 41.3 Å². The topological polar surface area (TPSA) is 69.6 Å². The van der Waals surface area contributed by atoms with Crippen LogP contribution in [0.25, 0.3) is 0 Å². The molecular formula is C18H15F3N2O3S. The highest BCUT2D eigenvalue weighted by molar-refractivity contribution is 7.98. The number of carboxylic acid groups (broad SMARTS) is 1. The molecule has 0 unspecified atom stereocenters. The van der Waals surface area contributed by atoms with Crippen LogP contribution in [-0.4, -0.2) is 29.9 Å². The highest BCUT2D eigenvalue weighted by Crippen LogP contribution is 2.44. The lowest BCUT2D eigenvalue weighted by Gasteiger charge is -2.23. The van der Waals surface area contributed by atoms with Crippen LogP contribution in [0.5, 0.6) is 0 Å². The third kappa shape index (κ3) is 3.46. The number of hydrogen-bond acceptors (Lipinski definition) is 4. The first-order valence-electron chi connectivity index (χ1n) is 7.93. The lowest BCUT2D eigenvalue weighted by Crippen LogP contribution is -2.37. The number of fused-ring (bicyclic) bond motifs is 1. The molecule has 0 atom stereocenters. The number of anilines is 2. The third-order valence-corrected chi connectivity index (χ3v) is 5.04. The molecule has 0 saturated heterocycles. The fraction of sp³-hybridized carbons (Fsp3) is 0.222. The zero-order valence-electron chi connectivity index (χ0n) is 14.1. The second-order valence-corrected chi connectivity index (χ2v) is 6.61. The molecule has 2 amide bonds. The Kier molecular flexibility index (Phi) is 5.05. The second kappa shape index (κ2) is 7.15. The monoisotopic (exact) mass is 396 g/mol. The van der Waals surface area contributed by atoms with E-state index in [2.05, 4.69) is 5.32 Å². The number of halogens is 3. The number of rotatable bonds is 3. The number of para-hydroxylation sites is 1. The number of imide groups is 1. The first-order valence-corrected chi connectivity index (χ1v) is 9.15. The van der Waals surface area contributed by atoms with E-state index < -0.39 is 23.7 Å². The van der Waals surface area contributed by atoms with Gasteiger partial charge in [0, 0.05) is 17.1 Å². The number of nitrogens with zero attached hydrogens (tertiary/aromatic N) is 1. The van der Waals surface area contributed by atoms with Crippen LogP contribution in [0.4, 0.5) is 29.3 Å². The van der Waals surface area contributed by atoms with E-state index in [0.29, 0.717) is 23.4 Å². The summed E-state index contributed by atoms with van der Waals surface area (Å²) in [5.74, 6) is -0.996. The number of benzene rings is 2. The van der Waals surface area contributed by atoms with Crippen molar-refractivity contribution < 1.29 is 27.9 Å². The predicted octanol–water partition coefficient (Wildman–Crippen LogP) is 4.72. The van der Waals surface area contributed by atoms with E-state index in [1.165, 1.54) is 18.4 Å². The number of hydrogen-bond donors (Lipinski definition) is 2. The van der Waals surface area contributed by atoms with Gasteiger partial charge < -0.3 is 10.4 Å². The van der Waals surface area contributed by atoms with E-state index >= 15 is 0 Å². The standard InChI is InChI=1S/C18H15F3N2O3S/c1-27-15-12(18(19,20)21)9-13-11(7-8-22-13)14(15)16(24)23(17(25)26)10-5-3-2-4-6-10/h2-6,9,22H,7-8H2,1H3,(H,25,26). The zero-order valence-corrected chi connectivity index (χ0v) is 14.9. The van der Waals surface area contributed by atoms with E-state index in [9.17, 15) is 27.9 Å². The molecule has 0 saturated carbocycles. The first-order chi connectivity index (χ1) is 12.8. The molecule has 2 N–H and O–H groups in total. The van der Waals surface area contributed by atoms with Gasteiger partial charge in [0.25, 0.3) is 5.91 Å². The van der Waals surface area contributed by atoms with E-state index in [4.69, 9.17) is 0 Å². The lowest BCUT2D eigenvalue weighted by molar-refractivity contribution is -0.139. The Hall–Kier alpha value is -2.68. The summed E-state index contributed by atoms with van der Waals surface area (Å²) in [5.41, 5.74) is -0.492. The molecule has 0 radical (unpaired) electrons. The summed E-state index contributed by atoms with van der Waals surface area (Å²) >= 11 is 0.779. The number of alkyl halides is 3. The van der Waals surface area contributed by atoms with Crippen molar-refractivity contribution in [1.29, 1.82) is 0 Å². The molecule has 9 heteroatoms. The molecule has 1 aliphatic heterocycles. The molecule has 5 nitrogen and oxygen atoms in total. The first kappa shape index (κ1) is 19.1. The minimum atomic E-state index is -4.67. The third-order valence-electron chi connectivity index (χ3n) is 4.21. The lowest BCUT2D eigenvalue weighted by atomic mass is 9.99. The van der Waals surface area contributed by atoms with E-state index in [1.807, 2.05) is 0 Å². The fourth-order valence-electron chi connectivity index (χ4n) is 3.10. The Morgan fingerprint density at radius 2 is 1.89 bits per heavy atom. The quantitative estimate of drug-likeness (QED) is 0.735. The average molecular weight is 396 g/mol. The Balaban J connectivity index is 2.25. The average Bonchev–Trinajstić information content (AvgIpc) is 3.08. The Bertz CT molecular complexity index is 901. The van der Waals surface area contributed by atoms with Gasteiger partial charge in [-0.3, -0.25) is 4.79 Å². The van der Waals surface area contributed by atoms with Crippen molar-refractivity contribution in [2.75, 3.05) is 23.0 Å². The van der Waals surface area contributed by atoms with Crippen molar-refractivity contribution in [2.45, 2.75) is 17.5 Å². The molecular weight excluding hydrogens is 381 g/mol. The van der Waals surface area contributed by atoms with Crippen molar-refractivity contribution in [2.24, 2.45) is 0 Å². The summed E-state index contributed by atoms with van der Waals surface area (Å²) in [4.78, 5) is 25.1. The molecule has 3 rings (SSSR count). The summed E-state index contributed by atoms with van der Waals surface area (Å²) < 4.78 is 40.6. The van der Waals surface area contributed by atoms with Crippen LogP contribution in [-0.2, 0) is 12.6 Å². The second-order valence-electron chi connectivity index (χ2n) is 5.79. The summed E-state index contributed by atoms with van der Waals surface area (Å²) in [6.45, 7) is 0.378. The fourth-order valence-corrected chi connectivity index (χ4v) is 3.90. The van der Waals surface area contributed by atoms with Gasteiger partial charge in [-0.2, -0.15) is 13.2 Å². The summed E-state index contributed by atoms with van der Waals surface area (Å²) in [7, 11) is 0. The molecule has 0 spiro atoms. The van der Waals surface area contributed by atoms with Gasteiger partial charge in [-0.15, -0.1) is 11.8 Å². The Morgan fingerprint density at radius 1 is 1.22 bits per heavy atom. The maximum Gasteiger partial charge on any atom is 0.419 e. The molecule has 0 aliphatic carbocycles. The van der Waals surface area contributed by atoms with Crippen LogP contribution in [0, 0.1) is 0 Å². The van der Waals surface area contributed by atoms with Crippen LogP contribution in [0.2, 0.25) is 0 Å². The van der Waals surface area contributed by atoms with Crippen LogP contribution < -0.4 is 10.2 Å². The number of carbonyl (C=O) groups excluding carboxylic acids is 1. The molecule has 2 aromatic carbocycles. The van der Waals surface area contributed by atoms with Gasteiger partial charge >= 0.3 is 12.3 Å². The van der Waals surface area contributed by atoms with Gasteiger partial charge in [-0.25, -0.2) is 9.69 Å². The van der Waals surface area contributed by atoms with Crippen LogP contribution in [0.1, 0.15) is 21.5 Å². The van der Waals surface area contributed by atoms with Gasteiger partial charge in [0.1, 0.15) is 0 Å². The molecule has 27 heavy (non-hydrogen) atoms. The summed E-state index contributed by atoms with van der Waals surface area (Å²) in [6, 6.07) is 8.55.